The van der Waals surface area contributed by atoms with Gasteiger partial charge < -0.3 is 9.80 Å². The number of fused-ring (bicyclic) bond motifs is 10. The molecule has 2 nitrogen and oxygen atoms in total. The summed E-state index contributed by atoms with van der Waals surface area (Å²) >= 11 is 1.83. The van der Waals surface area contributed by atoms with Gasteiger partial charge in [0, 0.05) is 57.5 Å². The minimum absolute atomic E-state index is 0.0289. The van der Waals surface area contributed by atoms with Gasteiger partial charge in [-0.2, -0.15) is 0 Å². The number of thiophene rings is 1. The summed E-state index contributed by atoms with van der Waals surface area (Å²) in [7, 11) is 0. The van der Waals surface area contributed by atoms with Crippen LogP contribution in [0.4, 0.5) is 28.4 Å². The highest BCUT2D eigenvalue weighted by molar-refractivity contribution is 7.26. The molecule has 0 amide bonds. The van der Waals surface area contributed by atoms with Crippen LogP contribution in [-0.2, 0) is 12.8 Å². The normalized spacial score (nSPS) is 25.0. The van der Waals surface area contributed by atoms with Crippen molar-refractivity contribution < 1.29 is 5.48 Å². The molecule has 2 fully saturated rings. The first-order valence-electron chi connectivity index (χ1n) is 24.5. The van der Waals surface area contributed by atoms with Crippen LogP contribution in [0, 0.1) is 11.8 Å². The third-order valence-electron chi connectivity index (χ3n) is 14.8. The van der Waals surface area contributed by atoms with E-state index in [0.717, 1.165) is 96.4 Å². The molecule has 1 aromatic heterocycles. The smallest absolute Gasteiger partial charge is 0.252 e. The van der Waals surface area contributed by atoms with Crippen LogP contribution in [0.5, 0.6) is 0 Å². The topological polar surface area (TPSA) is 6.48 Å². The fourth-order valence-electron chi connectivity index (χ4n) is 12.3. The Hall–Kier alpha value is -5.58. The summed E-state index contributed by atoms with van der Waals surface area (Å²) < 4.78 is 42.1. The van der Waals surface area contributed by atoms with Crippen LogP contribution in [0.3, 0.4) is 0 Å². The highest BCUT2D eigenvalue weighted by atomic mass is 32.1. The van der Waals surface area contributed by atoms with Gasteiger partial charge in [0.15, 0.2) is 0 Å². The zero-order valence-electron chi connectivity index (χ0n) is 37.8. The van der Waals surface area contributed by atoms with Gasteiger partial charge in [-0.05, 0) is 132 Å². The summed E-state index contributed by atoms with van der Waals surface area (Å²) in [6.45, 7) is -0.0907. The van der Waals surface area contributed by atoms with E-state index in [1.54, 1.807) is 0 Å². The predicted molar refractivity (Wildman–Crippen MR) is 257 cm³/mol. The third-order valence-corrected chi connectivity index (χ3v) is 15.9. The van der Waals surface area contributed by atoms with Gasteiger partial charge in [0.05, 0.1) is 14.1 Å². The lowest BCUT2D eigenvalue weighted by Gasteiger charge is -2.54. The van der Waals surface area contributed by atoms with E-state index in [0.29, 0.717) is 6.04 Å². The van der Waals surface area contributed by atoms with Gasteiger partial charge in [0.1, 0.15) is 0 Å². The number of anilines is 5. The Bertz CT molecular complexity index is 3150. The Morgan fingerprint density at radius 2 is 1.38 bits per heavy atom. The summed E-state index contributed by atoms with van der Waals surface area (Å²) in [6.07, 6.45) is 7.14. The van der Waals surface area contributed by atoms with Crippen LogP contribution in [0.25, 0.3) is 31.3 Å². The Kier molecular flexibility index (Phi) is 7.31. The van der Waals surface area contributed by atoms with E-state index in [1.165, 1.54) is 47.8 Å². The first-order valence-corrected chi connectivity index (χ1v) is 23.2. The molecular weight excluding hydrogens is 744 g/mol. The number of hydrogen-bond donors (Lipinski definition) is 0. The van der Waals surface area contributed by atoms with Gasteiger partial charge in [0.2, 0.25) is 0 Å². The number of hydrogen-bond acceptors (Lipinski definition) is 3. The van der Waals surface area contributed by atoms with E-state index >= 15 is 0 Å². The summed E-state index contributed by atoms with van der Waals surface area (Å²) in [5, 5.41) is 2.42. The molecule has 8 aromatic rings. The molecule has 2 aliphatic heterocycles. The maximum absolute atomic E-state index is 10.2. The molecule has 3 heterocycles. The number of benzene rings is 7. The van der Waals surface area contributed by atoms with E-state index in [9.17, 15) is 5.48 Å². The maximum Gasteiger partial charge on any atom is 0.252 e. The lowest BCUT2D eigenvalue weighted by atomic mass is 9.33. The fourth-order valence-corrected chi connectivity index (χ4v) is 13.4. The molecule has 0 bridgehead atoms. The second kappa shape index (κ2) is 14.0. The standard InChI is InChI=1S/C56H49BN2S/c1-3-16-36(17-4-1)42-32-30-38-19-8-10-23-41(38)55(42)58-46-26-13-12-25-44(46)57-45-33-35-51-53(43-24-11-14-29-50(43)60-51)56(45)59(49-28-15-27-48(58)54(49)57)47-34-31-37-18-7-9-22-40(37)52(47)39-20-5-2-6-21-39/h1-6,11-17,20-21,24-29,31,33-35,38,41-42,55H,7-10,18-19,22-23,30,32H2/i30D,31D,32D,34D. The predicted octanol–water partition coefficient (Wildman–Crippen LogP) is 13.1. The second-order valence-corrected chi connectivity index (χ2v) is 18.9. The summed E-state index contributed by atoms with van der Waals surface area (Å²) in [5.74, 6) is 0.250. The van der Waals surface area contributed by atoms with Gasteiger partial charge in [-0.1, -0.05) is 134 Å². The molecule has 0 radical (unpaired) electrons. The van der Waals surface area contributed by atoms with Gasteiger partial charge in [-0.25, -0.2) is 0 Å². The lowest BCUT2D eigenvalue weighted by molar-refractivity contribution is 0.129. The van der Waals surface area contributed by atoms with Gasteiger partial charge in [-0.3, -0.25) is 0 Å². The molecule has 6 unspecified atom stereocenters. The SMILES string of the molecule is [2H]c1c([2H])c(N2c3cccc4c3B(c3ccccc3N4C3C4CCCCC4C([2H])C([2H])C3c3ccccc3)c3ccc4sc5ccccc5c4c32)c(-c2ccccc2)c2c1CCCC2. The van der Waals surface area contributed by atoms with Crippen LogP contribution >= 0.6 is 11.3 Å². The minimum Gasteiger partial charge on any atom is -0.338 e. The minimum atomic E-state index is -0.571. The number of para-hydroxylation sites is 1. The molecule has 0 saturated heterocycles. The first-order chi connectivity index (χ1) is 31.5. The molecular formula is C56H49BN2S. The van der Waals surface area contributed by atoms with Crippen LogP contribution in [0.15, 0.2) is 152 Å². The van der Waals surface area contributed by atoms with Gasteiger partial charge in [-0.15, -0.1) is 11.3 Å². The van der Waals surface area contributed by atoms with Crippen molar-refractivity contribution >= 4 is 83.0 Å². The summed E-state index contributed by atoms with van der Waals surface area (Å²) in [5.41, 5.74) is 14.6. The average molecular weight is 797 g/mol. The van der Waals surface area contributed by atoms with Crippen LogP contribution < -0.4 is 26.2 Å². The molecule has 13 rings (SSSR count). The number of rotatable bonds is 4. The zero-order chi connectivity index (χ0) is 42.8. The Morgan fingerprint density at radius 3 is 2.30 bits per heavy atom. The van der Waals surface area contributed by atoms with E-state index in [1.807, 2.05) is 11.3 Å². The van der Waals surface area contributed by atoms with Crippen molar-refractivity contribution in [3.8, 4) is 11.1 Å². The van der Waals surface area contributed by atoms with Crippen molar-refractivity contribution in [3.05, 3.63) is 168 Å². The van der Waals surface area contributed by atoms with E-state index < -0.39 is 12.8 Å². The van der Waals surface area contributed by atoms with Crippen molar-refractivity contribution in [2.45, 2.75) is 76.1 Å². The molecule has 0 N–H and O–H groups in total. The lowest BCUT2D eigenvalue weighted by Crippen LogP contribution is -2.64. The molecule has 7 aromatic carbocycles. The Labute approximate surface area is 364 Å². The first kappa shape index (κ1) is 31.3. The van der Waals surface area contributed by atoms with Crippen molar-refractivity contribution in [2.75, 3.05) is 9.80 Å². The maximum atomic E-state index is 10.2. The van der Waals surface area contributed by atoms with Crippen LogP contribution in [-0.4, -0.2) is 12.8 Å². The highest BCUT2D eigenvalue weighted by Gasteiger charge is 2.50. The van der Waals surface area contributed by atoms with E-state index in [-0.39, 0.29) is 36.6 Å². The molecule has 60 heavy (non-hydrogen) atoms. The van der Waals surface area contributed by atoms with Gasteiger partial charge in [0.25, 0.3) is 6.71 Å². The molecule has 3 aliphatic carbocycles. The largest absolute Gasteiger partial charge is 0.338 e. The zero-order valence-corrected chi connectivity index (χ0v) is 34.6. The monoisotopic (exact) mass is 796 g/mol. The average Bonchev–Trinajstić information content (AvgIpc) is 3.74. The molecule has 292 valence electrons. The van der Waals surface area contributed by atoms with Gasteiger partial charge >= 0.3 is 0 Å². The van der Waals surface area contributed by atoms with Crippen LogP contribution in [0.1, 0.15) is 79.4 Å². The second-order valence-electron chi connectivity index (χ2n) is 17.8. The van der Waals surface area contributed by atoms with Crippen LogP contribution in [0.2, 0.25) is 0 Å². The molecule has 6 atom stereocenters. The van der Waals surface area contributed by atoms with E-state index in [2.05, 4.69) is 149 Å². The highest BCUT2D eigenvalue weighted by Crippen LogP contribution is 2.54. The van der Waals surface area contributed by atoms with Crippen molar-refractivity contribution in [1.29, 1.82) is 0 Å². The van der Waals surface area contributed by atoms with Crippen molar-refractivity contribution in [2.24, 2.45) is 11.8 Å². The van der Waals surface area contributed by atoms with E-state index in [4.69, 9.17) is 0 Å². The Balaban J connectivity index is 1.15. The molecule has 5 aliphatic rings. The fraction of sp³-hybridized carbons (Fsp3) is 0.250. The van der Waals surface area contributed by atoms with Crippen molar-refractivity contribution in [3.63, 3.8) is 0 Å². The summed E-state index contributed by atoms with van der Waals surface area (Å²) in [4.78, 5) is 5.10. The molecule has 4 heteroatoms. The van der Waals surface area contributed by atoms with Crippen molar-refractivity contribution in [1.82, 2.24) is 0 Å². The molecule has 2 saturated carbocycles. The Morgan fingerprint density at radius 1 is 0.617 bits per heavy atom. The summed E-state index contributed by atoms with van der Waals surface area (Å²) in [6, 6.07) is 51.4. The third kappa shape index (κ3) is 5.19. The molecule has 0 spiro atoms. The quantitative estimate of drug-likeness (QED) is 0.164. The number of nitrogens with zero attached hydrogens (tertiary/aromatic N) is 2.